The van der Waals surface area contributed by atoms with E-state index in [0.717, 1.165) is 4.90 Å². The number of aromatic nitrogens is 1. The van der Waals surface area contributed by atoms with Crippen molar-refractivity contribution in [1.29, 1.82) is 0 Å². The molecular weight excluding hydrogens is 688 g/mol. The fourth-order valence-electron chi connectivity index (χ4n) is 4.20. The number of aliphatic hydroxyl groups is 1. The van der Waals surface area contributed by atoms with Crippen LogP contribution in [0, 0.1) is 0 Å². The summed E-state index contributed by atoms with van der Waals surface area (Å²) in [5.41, 5.74) is -0.514. The van der Waals surface area contributed by atoms with E-state index in [0.29, 0.717) is 5.39 Å². The van der Waals surface area contributed by atoms with E-state index >= 15 is 0 Å². The molecule has 0 saturated carbocycles. The third kappa shape index (κ3) is 4.42. The van der Waals surface area contributed by atoms with E-state index in [1.54, 1.807) is 18.2 Å². The van der Waals surface area contributed by atoms with E-state index in [-0.39, 0.29) is 85.8 Å². The van der Waals surface area contributed by atoms with E-state index in [1.807, 2.05) is 0 Å². The molecule has 1 N–H and O–H groups in total. The van der Waals surface area contributed by atoms with Crippen molar-refractivity contribution in [3.8, 4) is 0 Å². The lowest BCUT2D eigenvalue weighted by molar-refractivity contribution is -0.106. The number of imide groups is 1. The Balaban J connectivity index is 1.68. The quantitative estimate of drug-likeness (QED) is 0.130. The van der Waals surface area contributed by atoms with Crippen molar-refractivity contribution in [2.45, 2.75) is 0 Å². The highest BCUT2D eigenvalue weighted by Crippen LogP contribution is 2.50. The number of rotatable bonds is 4. The number of allylic oxidation sites excluding steroid dienone is 1. The third-order valence-corrected chi connectivity index (χ3v) is 9.62. The van der Waals surface area contributed by atoms with E-state index in [2.05, 4.69) is 4.98 Å². The number of nitrogens with zero attached hydrogens (tertiary/aromatic N) is 2. The van der Waals surface area contributed by atoms with Crippen LogP contribution in [0.25, 0.3) is 22.2 Å². The zero-order valence-corrected chi connectivity index (χ0v) is 25.2. The summed E-state index contributed by atoms with van der Waals surface area (Å²) < 4.78 is 0. The summed E-state index contributed by atoms with van der Waals surface area (Å²) in [6.07, 6.45) is 0.259. The third-order valence-electron chi connectivity index (χ3n) is 6.07. The van der Waals surface area contributed by atoms with Crippen LogP contribution in [0.2, 0.25) is 40.2 Å². The summed E-state index contributed by atoms with van der Waals surface area (Å²) in [5, 5.41) is 10.4. The number of ketones is 1. The van der Waals surface area contributed by atoms with Gasteiger partial charge in [0.2, 0.25) is 12.2 Å². The molecule has 1 aromatic heterocycles. The van der Waals surface area contributed by atoms with Crippen molar-refractivity contribution < 1.29 is 19.5 Å². The standard InChI is InChI=1S/C26H8Cl8N2O4/c27-10-6-9(16(28)20(32)17(10)29)26(40)36(7-37)12-3-1-2-8-4-5-11(35-23(8)12)13-24(38)14-15(25(13)39)19(31)22(34)21(33)18(14)30/h1-7,38H. The van der Waals surface area contributed by atoms with E-state index in [1.165, 1.54) is 18.2 Å². The molecular formula is C26H8Cl8N2O4. The van der Waals surface area contributed by atoms with Gasteiger partial charge in [-0.05, 0) is 18.2 Å². The average Bonchev–Trinajstić information content (AvgIpc) is 3.21. The summed E-state index contributed by atoms with van der Waals surface area (Å²) >= 11 is 49.2. The molecule has 5 rings (SSSR count). The number of fused-ring (bicyclic) bond motifs is 2. The Morgan fingerprint density at radius 1 is 0.800 bits per heavy atom. The first-order valence-corrected chi connectivity index (χ1v) is 13.8. The molecule has 2 amide bonds. The van der Waals surface area contributed by atoms with Crippen LogP contribution in [0.5, 0.6) is 0 Å². The van der Waals surface area contributed by atoms with Crippen molar-refractivity contribution in [3.05, 3.63) is 99.0 Å². The number of carbonyl (C=O) groups excluding carboxylic acids is 3. The molecule has 1 aliphatic carbocycles. The van der Waals surface area contributed by atoms with Gasteiger partial charge in [-0.25, -0.2) is 9.88 Å². The SMILES string of the molecule is O=CN(C(=O)c1cc(Cl)c(Cl)c(Cl)c1Cl)c1cccc2ccc(C3=C(O)c4c(Cl)c(Cl)c(Cl)c(Cl)c4C3=O)nc12. The molecule has 1 aliphatic rings. The zero-order chi connectivity index (χ0) is 29.2. The lowest BCUT2D eigenvalue weighted by atomic mass is 10.0. The second-order valence-electron chi connectivity index (χ2n) is 8.23. The summed E-state index contributed by atoms with van der Waals surface area (Å²) in [6, 6.07) is 8.93. The highest BCUT2D eigenvalue weighted by atomic mass is 35.5. The van der Waals surface area contributed by atoms with Gasteiger partial charge in [-0.15, -0.1) is 0 Å². The van der Waals surface area contributed by atoms with Gasteiger partial charge in [-0.2, -0.15) is 0 Å². The molecule has 0 bridgehead atoms. The number of para-hydroxylation sites is 1. The second-order valence-corrected chi connectivity index (χ2v) is 11.3. The maximum Gasteiger partial charge on any atom is 0.266 e. The van der Waals surface area contributed by atoms with E-state index in [4.69, 9.17) is 92.8 Å². The van der Waals surface area contributed by atoms with Crippen molar-refractivity contribution in [2.24, 2.45) is 0 Å². The topological polar surface area (TPSA) is 87.6 Å². The van der Waals surface area contributed by atoms with Gasteiger partial charge >= 0.3 is 0 Å². The Bertz CT molecular complexity index is 1870. The van der Waals surface area contributed by atoms with Crippen molar-refractivity contribution in [3.63, 3.8) is 0 Å². The predicted octanol–water partition coefficient (Wildman–Crippen LogP) is 9.89. The normalized spacial score (nSPS) is 12.8. The van der Waals surface area contributed by atoms with E-state index < -0.39 is 17.4 Å². The molecule has 0 atom stereocenters. The minimum Gasteiger partial charge on any atom is -0.506 e. The lowest BCUT2D eigenvalue weighted by Crippen LogP contribution is -2.30. The molecule has 0 spiro atoms. The number of hydrogen-bond donors (Lipinski definition) is 1. The number of halogens is 8. The molecule has 40 heavy (non-hydrogen) atoms. The number of hydrogen-bond acceptors (Lipinski definition) is 5. The highest BCUT2D eigenvalue weighted by Gasteiger charge is 2.38. The summed E-state index contributed by atoms with van der Waals surface area (Å²) in [4.78, 5) is 44.3. The summed E-state index contributed by atoms with van der Waals surface area (Å²) in [5.74, 6) is -2.10. The lowest BCUT2D eigenvalue weighted by Gasteiger charge is -2.19. The van der Waals surface area contributed by atoms with Crippen molar-refractivity contribution >= 4 is 139 Å². The predicted molar refractivity (Wildman–Crippen MR) is 161 cm³/mol. The molecule has 0 saturated heterocycles. The molecule has 202 valence electrons. The van der Waals surface area contributed by atoms with Gasteiger partial charge in [0.1, 0.15) is 5.76 Å². The second kappa shape index (κ2) is 10.9. The molecule has 0 unspecified atom stereocenters. The monoisotopic (exact) mass is 692 g/mol. The van der Waals surface area contributed by atoms with Gasteiger partial charge in [-0.3, -0.25) is 14.4 Å². The van der Waals surface area contributed by atoms with Gasteiger partial charge in [0.15, 0.2) is 0 Å². The van der Waals surface area contributed by atoms with Crippen LogP contribution in [0.3, 0.4) is 0 Å². The highest BCUT2D eigenvalue weighted by molar-refractivity contribution is 6.56. The van der Waals surface area contributed by atoms with Crippen LogP contribution >= 0.6 is 92.8 Å². The molecule has 0 radical (unpaired) electrons. The maximum atomic E-state index is 13.5. The molecule has 6 nitrogen and oxygen atoms in total. The number of Topliss-reactive ketones (excluding diaryl/α,β-unsaturated/α-hetero) is 1. The van der Waals surface area contributed by atoms with E-state index in [9.17, 15) is 19.5 Å². The number of amides is 2. The number of benzene rings is 3. The van der Waals surface area contributed by atoms with Crippen molar-refractivity contribution in [1.82, 2.24) is 4.98 Å². The average molecular weight is 696 g/mol. The summed E-state index contributed by atoms with van der Waals surface area (Å²) in [7, 11) is 0. The van der Waals surface area contributed by atoms with Crippen LogP contribution in [-0.2, 0) is 4.79 Å². The Morgan fingerprint density at radius 3 is 2.08 bits per heavy atom. The largest absolute Gasteiger partial charge is 0.506 e. The fourth-order valence-corrected chi connectivity index (χ4v) is 6.11. The van der Waals surface area contributed by atoms with Crippen LogP contribution in [0.1, 0.15) is 32.0 Å². The molecule has 3 aromatic carbocycles. The zero-order valence-electron chi connectivity index (χ0n) is 19.1. The number of carbonyl (C=O) groups is 3. The smallest absolute Gasteiger partial charge is 0.266 e. The first kappa shape index (κ1) is 29.2. The van der Waals surface area contributed by atoms with Gasteiger partial charge in [0, 0.05) is 5.39 Å². The first-order valence-electron chi connectivity index (χ1n) is 10.8. The Hall–Kier alpha value is -2.26. The Labute approximate surface area is 265 Å². The number of anilines is 1. The van der Waals surface area contributed by atoms with Gasteiger partial charge in [-0.1, -0.05) is 111 Å². The maximum absolute atomic E-state index is 13.5. The first-order chi connectivity index (χ1) is 18.9. The number of pyridine rings is 1. The van der Waals surface area contributed by atoms with Crippen molar-refractivity contribution in [2.75, 3.05) is 4.90 Å². The minimum absolute atomic E-state index is 0.00746. The van der Waals surface area contributed by atoms with Gasteiger partial charge in [0.05, 0.1) is 79.3 Å². The van der Waals surface area contributed by atoms with Crippen LogP contribution in [-0.4, -0.2) is 28.2 Å². The Kier molecular flexibility index (Phi) is 7.94. The molecule has 0 aliphatic heterocycles. The molecule has 14 heteroatoms. The minimum atomic E-state index is -0.880. The molecule has 1 heterocycles. The molecule has 4 aromatic rings. The summed E-state index contributed by atoms with van der Waals surface area (Å²) in [6.45, 7) is 0. The Morgan fingerprint density at radius 2 is 1.43 bits per heavy atom. The number of aliphatic hydroxyl groups excluding tert-OH is 1. The fraction of sp³-hybridized carbons (Fsp3) is 0. The van der Waals surface area contributed by atoms with Crippen LogP contribution in [0.4, 0.5) is 5.69 Å². The van der Waals surface area contributed by atoms with Crippen LogP contribution in [0.15, 0.2) is 36.4 Å². The van der Waals surface area contributed by atoms with Crippen LogP contribution < -0.4 is 4.90 Å². The van der Waals surface area contributed by atoms with Gasteiger partial charge < -0.3 is 5.11 Å². The molecule has 0 fully saturated rings. The van der Waals surface area contributed by atoms with Gasteiger partial charge in [0.25, 0.3) is 5.91 Å².